The molecule has 0 bridgehead atoms. The Bertz CT molecular complexity index is 1030. The molecular formula is C23H26BrN3O2S. The second-order valence-electron chi connectivity index (χ2n) is 7.70. The molecule has 30 heavy (non-hydrogen) atoms. The summed E-state index contributed by atoms with van der Waals surface area (Å²) in [5, 5.41) is 0.772. The van der Waals surface area contributed by atoms with Gasteiger partial charge in [-0.2, -0.15) is 0 Å². The molecule has 0 radical (unpaired) electrons. The largest absolute Gasteiger partial charge is 0.379 e. The molecule has 1 saturated heterocycles. The maximum Gasteiger partial charge on any atom is 0.260 e. The fourth-order valence-electron chi connectivity index (χ4n) is 3.79. The van der Waals surface area contributed by atoms with E-state index in [4.69, 9.17) is 9.72 Å². The van der Waals surface area contributed by atoms with Gasteiger partial charge in [-0.25, -0.2) is 4.98 Å². The molecule has 2 aromatic carbocycles. The van der Waals surface area contributed by atoms with Crippen molar-refractivity contribution in [2.45, 2.75) is 20.3 Å². The zero-order valence-corrected chi connectivity index (χ0v) is 19.8. The quantitative estimate of drug-likeness (QED) is 0.488. The third-order valence-electron chi connectivity index (χ3n) is 5.34. The van der Waals surface area contributed by atoms with Crippen molar-refractivity contribution in [1.29, 1.82) is 0 Å². The van der Waals surface area contributed by atoms with Crippen molar-refractivity contribution < 1.29 is 9.53 Å². The standard InChI is InChI=1S/C23H26BrN3O2S/c1-16-14-17(2)21-20(15-16)25-23(30-21)27(9-3-8-26-10-12-29-13-11-26)22(28)18-4-6-19(24)7-5-18/h4-7,14-15H,3,8-13H2,1-2H3. The minimum Gasteiger partial charge on any atom is -0.379 e. The summed E-state index contributed by atoms with van der Waals surface area (Å²) in [6.07, 6.45) is 0.899. The molecule has 0 saturated carbocycles. The molecule has 1 aliphatic heterocycles. The van der Waals surface area contributed by atoms with Crippen LogP contribution in [-0.2, 0) is 4.74 Å². The van der Waals surface area contributed by atoms with E-state index in [1.165, 1.54) is 11.1 Å². The van der Waals surface area contributed by atoms with Gasteiger partial charge in [0, 0.05) is 36.2 Å². The first kappa shape index (κ1) is 21.4. The van der Waals surface area contributed by atoms with E-state index in [0.29, 0.717) is 12.1 Å². The first-order chi connectivity index (χ1) is 14.5. The summed E-state index contributed by atoms with van der Waals surface area (Å²) in [6.45, 7) is 9.28. The zero-order chi connectivity index (χ0) is 21.1. The van der Waals surface area contributed by atoms with E-state index in [1.54, 1.807) is 11.3 Å². The number of rotatable bonds is 6. The number of hydrogen-bond acceptors (Lipinski definition) is 5. The Balaban J connectivity index is 1.59. The lowest BCUT2D eigenvalue weighted by molar-refractivity contribution is 0.0376. The smallest absolute Gasteiger partial charge is 0.260 e. The fraction of sp³-hybridized carbons (Fsp3) is 0.391. The van der Waals surface area contributed by atoms with Gasteiger partial charge in [0.2, 0.25) is 0 Å². The molecule has 1 fully saturated rings. The highest BCUT2D eigenvalue weighted by atomic mass is 79.9. The lowest BCUT2D eigenvalue weighted by Crippen LogP contribution is -2.39. The molecule has 1 aliphatic rings. The molecule has 0 aliphatic carbocycles. The maximum absolute atomic E-state index is 13.4. The minimum atomic E-state index is -0.00194. The number of carbonyl (C=O) groups excluding carboxylic acids is 1. The van der Waals surface area contributed by atoms with Crippen molar-refractivity contribution >= 4 is 48.5 Å². The highest BCUT2D eigenvalue weighted by molar-refractivity contribution is 9.10. The van der Waals surface area contributed by atoms with Crippen LogP contribution in [0.3, 0.4) is 0 Å². The Labute approximate surface area is 189 Å². The summed E-state index contributed by atoms with van der Waals surface area (Å²) < 4.78 is 7.55. The number of aryl methyl sites for hydroxylation is 2. The first-order valence-electron chi connectivity index (χ1n) is 10.3. The first-order valence-corrected chi connectivity index (χ1v) is 11.9. The highest BCUT2D eigenvalue weighted by Gasteiger charge is 2.22. The molecule has 1 amide bonds. The van der Waals surface area contributed by atoms with Gasteiger partial charge in [-0.3, -0.25) is 14.6 Å². The topological polar surface area (TPSA) is 45.7 Å². The number of aromatic nitrogens is 1. The Morgan fingerprint density at radius 2 is 1.93 bits per heavy atom. The van der Waals surface area contributed by atoms with Crippen LogP contribution in [-0.4, -0.2) is 55.2 Å². The molecule has 7 heteroatoms. The predicted octanol–water partition coefficient (Wildman–Crippen LogP) is 5.04. The number of thiazole rings is 1. The summed E-state index contributed by atoms with van der Waals surface area (Å²) in [5.41, 5.74) is 4.04. The monoisotopic (exact) mass is 487 g/mol. The van der Waals surface area contributed by atoms with Gasteiger partial charge in [-0.15, -0.1) is 0 Å². The normalized spacial score (nSPS) is 14.9. The Morgan fingerprint density at radius 3 is 2.67 bits per heavy atom. The summed E-state index contributed by atoms with van der Waals surface area (Å²) in [5.74, 6) is -0.00194. The van der Waals surface area contributed by atoms with Gasteiger partial charge < -0.3 is 4.74 Å². The van der Waals surface area contributed by atoms with Crippen LogP contribution in [0.2, 0.25) is 0 Å². The van der Waals surface area contributed by atoms with Crippen molar-refractivity contribution in [3.63, 3.8) is 0 Å². The van der Waals surface area contributed by atoms with E-state index < -0.39 is 0 Å². The van der Waals surface area contributed by atoms with Crippen LogP contribution in [0.5, 0.6) is 0 Å². The summed E-state index contributed by atoms with van der Waals surface area (Å²) >= 11 is 5.05. The lowest BCUT2D eigenvalue weighted by atomic mass is 10.1. The Kier molecular flexibility index (Phi) is 6.83. The van der Waals surface area contributed by atoms with Gasteiger partial charge in [0.05, 0.1) is 23.4 Å². The van der Waals surface area contributed by atoms with E-state index in [1.807, 2.05) is 29.2 Å². The van der Waals surface area contributed by atoms with Crippen LogP contribution < -0.4 is 4.90 Å². The third-order valence-corrected chi connectivity index (χ3v) is 7.09. The van der Waals surface area contributed by atoms with Crippen LogP contribution in [0.1, 0.15) is 27.9 Å². The van der Waals surface area contributed by atoms with E-state index in [9.17, 15) is 4.79 Å². The fourth-order valence-corrected chi connectivity index (χ4v) is 5.09. The van der Waals surface area contributed by atoms with Crippen LogP contribution >= 0.6 is 27.3 Å². The molecule has 5 nitrogen and oxygen atoms in total. The molecule has 4 rings (SSSR count). The van der Waals surface area contributed by atoms with Crippen molar-refractivity contribution in [2.24, 2.45) is 0 Å². The van der Waals surface area contributed by atoms with Gasteiger partial charge in [0.25, 0.3) is 5.91 Å². The Hall–Kier alpha value is -1.80. The third kappa shape index (κ3) is 4.91. The molecule has 2 heterocycles. The second-order valence-corrected chi connectivity index (χ2v) is 9.59. The van der Waals surface area contributed by atoms with Crippen molar-refractivity contribution in [2.75, 3.05) is 44.3 Å². The van der Waals surface area contributed by atoms with E-state index >= 15 is 0 Å². The molecule has 0 spiro atoms. The number of morpholine rings is 1. The predicted molar refractivity (Wildman–Crippen MR) is 127 cm³/mol. The van der Waals surface area contributed by atoms with Crippen LogP contribution in [0.15, 0.2) is 40.9 Å². The van der Waals surface area contributed by atoms with Gasteiger partial charge in [-0.05, 0) is 61.7 Å². The second kappa shape index (κ2) is 9.56. The molecule has 3 aromatic rings. The van der Waals surface area contributed by atoms with Gasteiger partial charge in [-0.1, -0.05) is 33.3 Å². The number of halogens is 1. The van der Waals surface area contributed by atoms with Crippen molar-refractivity contribution in [1.82, 2.24) is 9.88 Å². The zero-order valence-electron chi connectivity index (χ0n) is 17.4. The van der Waals surface area contributed by atoms with Crippen molar-refractivity contribution in [3.05, 3.63) is 57.6 Å². The SMILES string of the molecule is Cc1cc(C)c2sc(N(CCCN3CCOCC3)C(=O)c3ccc(Br)cc3)nc2c1. The Morgan fingerprint density at radius 1 is 1.20 bits per heavy atom. The van der Waals surface area contributed by atoms with E-state index in [2.05, 4.69) is 46.8 Å². The number of anilines is 1. The summed E-state index contributed by atoms with van der Waals surface area (Å²) in [4.78, 5) is 22.5. The highest BCUT2D eigenvalue weighted by Crippen LogP contribution is 2.33. The van der Waals surface area contributed by atoms with Crippen LogP contribution in [0.25, 0.3) is 10.2 Å². The van der Waals surface area contributed by atoms with Crippen LogP contribution in [0.4, 0.5) is 5.13 Å². The molecule has 0 N–H and O–H groups in total. The van der Waals surface area contributed by atoms with Crippen LogP contribution in [0, 0.1) is 13.8 Å². The number of nitrogens with zero attached hydrogens (tertiary/aromatic N) is 3. The number of fused-ring (bicyclic) bond motifs is 1. The molecule has 0 atom stereocenters. The summed E-state index contributed by atoms with van der Waals surface area (Å²) in [7, 11) is 0. The van der Waals surface area contributed by atoms with Gasteiger partial charge >= 0.3 is 0 Å². The lowest BCUT2D eigenvalue weighted by Gasteiger charge is -2.27. The average molecular weight is 488 g/mol. The maximum atomic E-state index is 13.4. The van der Waals surface area contributed by atoms with Gasteiger partial charge in [0.1, 0.15) is 0 Å². The number of amides is 1. The molecule has 1 aromatic heterocycles. The molecular weight excluding hydrogens is 462 g/mol. The number of carbonyl (C=O) groups is 1. The minimum absolute atomic E-state index is 0.00194. The average Bonchev–Trinajstić information content (AvgIpc) is 3.16. The molecule has 0 unspecified atom stereocenters. The van der Waals surface area contributed by atoms with Crippen molar-refractivity contribution in [3.8, 4) is 0 Å². The van der Waals surface area contributed by atoms with E-state index in [-0.39, 0.29) is 5.91 Å². The number of benzene rings is 2. The summed E-state index contributed by atoms with van der Waals surface area (Å²) in [6, 6.07) is 11.8. The van der Waals surface area contributed by atoms with E-state index in [0.717, 1.165) is 59.1 Å². The number of hydrogen-bond donors (Lipinski definition) is 0. The number of ether oxygens (including phenoxy) is 1. The van der Waals surface area contributed by atoms with Gasteiger partial charge in [0.15, 0.2) is 5.13 Å². The molecule has 158 valence electrons.